The highest BCUT2D eigenvalue weighted by atomic mass is 14.9. The summed E-state index contributed by atoms with van der Waals surface area (Å²) in [5.41, 5.74) is 1.22. The molecular formula is C13H18N2. The molecule has 0 fully saturated rings. The third-order valence-corrected chi connectivity index (χ3v) is 2.44. The van der Waals surface area contributed by atoms with Crippen molar-refractivity contribution in [3.8, 4) is 12.3 Å². The molecule has 2 nitrogen and oxygen atoms in total. The van der Waals surface area contributed by atoms with Crippen LogP contribution in [0, 0.1) is 12.3 Å². The molecule has 2 unspecified atom stereocenters. The normalized spacial score (nSPS) is 14.2. The van der Waals surface area contributed by atoms with E-state index >= 15 is 0 Å². The van der Waals surface area contributed by atoms with Gasteiger partial charge in [0, 0.05) is 18.4 Å². The number of nitrogens with zero attached hydrogens (tertiary/aromatic N) is 1. The Morgan fingerprint density at radius 1 is 1.47 bits per heavy atom. The second-order valence-electron chi connectivity index (χ2n) is 3.68. The molecule has 0 aliphatic carbocycles. The van der Waals surface area contributed by atoms with Crippen LogP contribution in [0.1, 0.15) is 38.3 Å². The number of pyridine rings is 1. The average Bonchev–Trinajstić information content (AvgIpc) is 2.29. The summed E-state index contributed by atoms with van der Waals surface area (Å²) in [7, 11) is 0. The summed E-state index contributed by atoms with van der Waals surface area (Å²) in [6, 6.07) is 4.47. The van der Waals surface area contributed by atoms with Gasteiger partial charge in [-0.05, 0) is 31.0 Å². The summed E-state index contributed by atoms with van der Waals surface area (Å²) in [6.07, 6.45) is 11.2. The van der Waals surface area contributed by atoms with Crippen LogP contribution in [0.3, 0.4) is 0 Å². The van der Waals surface area contributed by atoms with Gasteiger partial charge in [-0.1, -0.05) is 19.3 Å². The standard InChI is InChI=1S/C13H18N2/c1-4-6-13(5-2)15-11(3)12-7-9-14-10-8-12/h2,7-11,13,15H,4,6H2,1,3H3. The lowest BCUT2D eigenvalue weighted by molar-refractivity contribution is 0.495. The molecule has 2 atom stereocenters. The highest BCUT2D eigenvalue weighted by molar-refractivity contribution is 5.15. The van der Waals surface area contributed by atoms with E-state index in [0.29, 0.717) is 0 Å². The number of hydrogen-bond donors (Lipinski definition) is 1. The Balaban J connectivity index is 2.55. The summed E-state index contributed by atoms with van der Waals surface area (Å²) < 4.78 is 0. The molecule has 1 aromatic rings. The van der Waals surface area contributed by atoms with Gasteiger partial charge in [0.2, 0.25) is 0 Å². The van der Waals surface area contributed by atoms with Crippen molar-refractivity contribution in [2.75, 3.05) is 0 Å². The zero-order valence-corrected chi connectivity index (χ0v) is 9.40. The van der Waals surface area contributed by atoms with Gasteiger partial charge in [-0.2, -0.15) is 0 Å². The number of nitrogens with one attached hydrogen (secondary N) is 1. The Morgan fingerprint density at radius 2 is 2.13 bits per heavy atom. The van der Waals surface area contributed by atoms with Crippen LogP contribution >= 0.6 is 0 Å². The maximum absolute atomic E-state index is 5.46. The highest BCUT2D eigenvalue weighted by Crippen LogP contribution is 2.12. The van der Waals surface area contributed by atoms with Crippen molar-refractivity contribution in [3.05, 3.63) is 30.1 Å². The molecule has 2 heteroatoms. The van der Waals surface area contributed by atoms with Crippen LogP contribution in [0.25, 0.3) is 0 Å². The van der Waals surface area contributed by atoms with E-state index in [4.69, 9.17) is 6.42 Å². The first-order chi connectivity index (χ1) is 7.27. The average molecular weight is 202 g/mol. The van der Waals surface area contributed by atoms with Gasteiger partial charge in [-0.3, -0.25) is 10.3 Å². The second kappa shape index (κ2) is 6.21. The van der Waals surface area contributed by atoms with Gasteiger partial charge in [0.1, 0.15) is 0 Å². The van der Waals surface area contributed by atoms with Crippen molar-refractivity contribution >= 4 is 0 Å². The summed E-state index contributed by atoms with van der Waals surface area (Å²) in [5.74, 6) is 2.78. The van der Waals surface area contributed by atoms with Crippen molar-refractivity contribution in [1.82, 2.24) is 10.3 Å². The molecule has 0 aliphatic rings. The van der Waals surface area contributed by atoms with Crippen LogP contribution in [-0.4, -0.2) is 11.0 Å². The summed E-state index contributed by atoms with van der Waals surface area (Å²) in [6.45, 7) is 4.26. The Labute approximate surface area is 92.1 Å². The largest absolute Gasteiger partial charge is 0.297 e. The van der Waals surface area contributed by atoms with E-state index in [1.54, 1.807) is 12.4 Å². The van der Waals surface area contributed by atoms with Crippen molar-refractivity contribution in [3.63, 3.8) is 0 Å². The maximum Gasteiger partial charge on any atom is 0.0691 e. The van der Waals surface area contributed by atoms with Gasteiger partial charge in [0.05, 0.1) is 6.04 Å². The Kier molecular flexibility index (Phi) is 4.86. The van der Waals surface area contributed by atoms with Gasteiger partial charge < -0.3 is 0 Å². The molecule has 0 spiro atoms. The molecule has 0 saturated carbocycles. The lowest BCUT2D eigenvalue weighted by Crippen LogP contribution is -2.30. The van der Waals surface area contributed by atoms with Gasteiger partial charge in [-0.15, -0.1) is 6.42 Å². The first-order valence-corrected chi connectivity index (χ1v) is 5.40. The molecule has 0 aliphatic heterocycles. The van der Waals surface area contributed by atoms with Crippen LogP contribution in [-0.2, 0) is 0 Å². The fourth-order valence-electron chi connectivity index (χ4n) is 1.55. The third kappa shape index (κ3) is 3.73. The van der Waals surface area contributed by atoms with E-state index in [1.165, 1.54) is 5.56 Å². The minimum atomic E-state index is 0.165. The highest BCUT2D eigenvalue weighted by Gasteiger charge is 2.09. The van der Waals surface area contributed by atoms with Crippen LogP contribution in [0.5, 0.6) is 0 Å². The number of aromatic nitrogens is 1. The number of rotatable bonds is 5. The predicted molar refractivity (Wildman–Crippen MR) is 63.3 cm³/mol. The molecule has 0 bridgehead atoms. The van der Waals surface area contributed by atoms with Crippen molar-refractivity contribution in [1.29, 1.82) is 0 Å². The van der Waals surface area contributed by atoms with E-state index in [9.17, 15) is 0 Å². The second-order valence-corrected chi connectivity index (χ2v) is 3.68. The minimum absolute atomic E-state index is 0.165. The van der Waals surface area contributed by atoms with E-state index in [1.807, 2.05) is 12.1 Å². The molecule has 0 saturated heterocycles. The molecule has 1 rings (SSSR count). The van der Waals surface area contributed by atoms with Gasteiger partial charge in [0.25, 0.3) is 0 Å². The molecule has 0 radical (unpaired) electrons. The summed E-state index contributed by atoms with van der Waals surface area (Å²) in [4.78, 5) is 4.00. The third-order valence-electron chi connectivity index (χ3n) is 2.44. The molecule has 0 aromatic carbocycles. The van der Waals surface area contributed by atoms with E-state index in [0.717, 1.165) is 12.8 Å². The lowest BCUT2D eigenvalue weighted by Gasteiger charge is -2.18. The quantitative estimate of drug-likeness (QED) is 0.742. The van der Waals surface area contributed by atoms with E-state index < -0.39 is 0 Å². The van der Waals surface area contributed by atoms with Crippen molar-refractivity contribution in [2.45, 2.75) is 38.8 Å². The first kappa shape index (κ1) is 11.7. The molecular weight excluding hydrogens is 184 g/mol. The van der Waals surface area contributed by atoms with Crippen LogP contribution in [0.15, 0.2) is 24.5 Å². The fourth-order valence-corrected chi connectivity index (χ4v) is 1.55. The monoisotopic (exact) mass is 202 g/mol. The topological polar surface area (TPSA) is 24.9 Å². The van der Waals surface area contributed by atoms with Crippen LogP contribution in [0.2, 0.25) is 0 Å². The zero-order chi connectivity index (χ0) is 11.1. The van der Waals surface area contributed by atoms with Crippen LogP contribution < -0.4 is 5.32 Å². The Bertz CT molecular complexity index is 313. The zero-order valence-electron chi connectivity index (χ0n) is 9.40. The molecule has 1 aromatic heterocycles. The number of hydrogen-bond acceptors (Lipinski definition) is 2. The summed E-state index contributed by atoms with van der Waals surface area (Å²) in [5, 5.41) is 3.42. The van der Waals surface area contributed by atoms with E-state index in [-0.39, 0.29) is 12.1 Å². The number of terminal acetylenes is 1. The summed E-state index contributed by atoms with van der Waals surface area (Å²) >= 11 is 0. The minimum Gasteiger partial charge on any atom is -0.297 e. The SMILES string of the molecule is C#CC(CCC)NC(C)c1ccncc1. The van der Waals surface area contributed by atoms with Gasteiger partial charge in [-0.25, -0.2) is 0 Å². The smallest absolute Gasteiger partial charge is 0.0691 e. The molecule has 15 heavy (non-hydrogen) atoms. The Hall–Kier alpha value is -1.33. The van der Waals surface area contributed by atoms with Crippen molar-refractivity contribution < 1.29 is 0 Å². The predicted octanol–water partition coefficient (Wildman–Crippen LogP) is 2.53. The molecule has 1 heterocycles. The first-order valence-electron chi connectivity index (χ1n) is 5.40. The lowest BCUT2D eigenvalue weighted by atomic mass is 10.1. The van der Waals surface area contributed by atoms with Crippen LogP contribution in [0.4, 0.5) is 0 Å². The molecule has 1 N–H and O–H groups in total. The Morgan fingerprint density at radius 3 is 2.67 bits per heavy atom. The van der Waals surface area contributed by atoms with Gasteiger partial charge in [0.15, 0.2) is 0 Å². The molecule has 80 valence electrons. The van der Waals surface area contributed by atoms with Gasteiger partial charge >= 0.3 is 0 Å². The fraction of sp³-hybridized carbons (Fsp3) is 0.462. The maximum atomic E-state index is 5.46. The molecule has 0 amide bonds. The van der Waals surface area contributed by atoms with E-state index in [2.05, 4.69) is 30.1 Å². The van der Waals surface area contributed by atoms with Crippen molar-refractivity contribution in [2.24, 2.45) is 0 Å².